The fraction of sp³-hybridized carbons (Fsp3) is 0.536. The van der Waals surface area contributed by atoms with Crippen LogP contribution in [0.25, 0.3) is 0 Å². The molecular formula is C28H37F3N4O5S. The summed E-state index contributed by atoms with van der Waals surface area (Å²) < 4.78 is 75.4. The molecular weight excluding hydrogens is 561 g/mol. The number of nitrogens with zero attached hydrogens (tertiary/aromatic N) is 2. The Labute approximate surface area is 239 Å². The quantitative estimate of drug-likeness (QED) is 0.383. The normalized spacial score (nSPS) is 19.5. The number of piperidine rings is 1. The minimum atomic E-state index is -4.83. The Kier molecular flexibility index (Phi) is 9.52. The molecule has 1 amide bonds. The molecule has 1 atom stereocenters. The van der Waals surface area contributed by atoms with Crippen molar-refractivity contribution in [2.45, 2.75) is 50.7 Å². The minimum Gasteiger partial charge on any atom is -0.494 e. The number of nitrogens with one attached hydrogen (secondary N) is 2. The molecule has 0 aliphatic carbocycles. The maximum Gasteiger partial charge on any atom is 0.573 e. The predicted molar refractivity (Wildman–Crippen MR) is 148 cm³/mol. The second kappa shape index (κ2) is 12.6. The van der Waals surface area contributed by atoms with Gasteiger partial charge in [-0.1, -0.05) is 18.2 Å². The van der Waals surface area contributed by atoms with Crippen molar-refractivity contribution in [1.29, 1.82) is 0 Å². The molecule has 2 saturated heterocycles. The maximum absolute atomic E-state index is 13.2. The van der Waals surface area contributed by atoms with Gasteiger partial charge < -0.3 is 19.7 Å². The van der Waals surface area contributed by atoms with Crippen LogP contribution in [0.3, 0.4) is 0 Å². The van der Waals surface area contributed by atoms with Gasteiger partial charge in [-0.15, -0.1) is 13.2 Å². The van der Waals surface area contributed by atoms with E-state index in [4.69, 9.17) is 4.74 Å². The molecule has 226 valence electrons. The molecule has 2 aliphatic rings. The van der Waals surface area contributed by atoms with Crippen molar-refractivity contribution in [1.82, 2.24) is 19.8 Å². The molecule has 0 bridgehead atoms. The van der Waals surface area contributed by atoms with E-state index in [-0.39, 0.29) is 43.3 Å². The molecule has 41 heavy (non-hydrogen) atoms. The van der Waals surface area contributed by atoms with Crippen LogP contribution in [0.2, 0.25) is 0 Å². The molecule has 2 N–H and O–H groups in total. The average molecular weight is 599 g/mol. The molecule has 1 spiro atoms. The van der Waals surface area contributed by atoms with Crippen LogP contribution in [0.4, 0.5) is 13.2 Å². The number of hydrogen-bond acceptors (Lipinski definition) is 7. The van der Waals surface area contributed by atoms with Gasteiger partial charge in [0.05, 0.1) is 12.4 Å². The molecule has 2 aromatic carbocycles. The number of benzene rings is 2. The van der Waals surface area contributed by atoms with Crippen LogP contribution in [-0.2, 0) is 21.2 Å². The number of sulfonamides is 1. The van der Waals surface area contributed by atoms with E-state index in [0.717, 1.165) is 29.8 Å². The lowest BCUT2D eigenvalue weighted by Crippen LogP contribution is -2.55. The van der Waals surface area contributed by atoms with Gasteiger partial charge in [-0.2, -0.15) is 0 Å². The Morgan fingerprint density at radius 3 is 2.49 bits per heavy atom. The molecule has 2 aliphatic heterocycles. The van der Waals surface area contributed by atoms with Crippen LogP contribution < -0.4 is 20.1 Å². The summed E-state index contributed by atoms with van der Waals surface area (Å²) >= 11 is 0. The predicted octanol–water partition coefficient (Wildman–Crippen LogP) is 3.35. The first kappa shape index (κ1) is 31.1. The van der Waals surface area contributed by atoms with Crippen molar-refractivity contribution in [3.8, 4) is 11.5 Å². The lowest BCUT2D eigenvalue weighted by molar-refractivity contribution is -0.274. The van der Waals surface area contributed by atoms with Crippen molar-refractivity contribution in [2.75, 3.05) is 46.1 Å². The zero-order chi connectivity index (χ0) is 29.8. The zero-order valence-electron chi connectivity index (χ0n) is 23.5. The summed E-state index contributed by atoms with van der Waals surface area (Å²) in [6, 6.07) is 11.1. The van der Waals surface area contributed by atoms with Gasteiger partial charge in [0.1, 0.15) is 23.2 Å². The number of ether oxygens (including phenoxy) is 2. The second-order valence-corrected chi connectivity index (χ2v) is 12.9. The van der Waals surface area contributed by atoms with Crippen molar-refractivity contribution in [2.24, 2.45) is 0 Å². The molecule has 1 unspecified atom stereocenters. The van der Waals surface area contributed by atoms with Crippen molar-refractivity contribution < 1.29 is 35.9 Å². The molecule has 2 fully saturated rings. The highest BCUT2D eigenvalue weighted by Gasteiger charge is 2.49. The number of hydrogen-bond donors (Lipinski definition) is 2. The van der Waals surface area contributed by atoms with Crippen LogP contribution in [0, 0.1) is 6.92 Å². The van der Waals surface area contributed by atoms with E-state index < -0.39 is 28.1 Å². The molecule has 2 heterocycles. The third kappa shape index (κ3) is 8.12. The van der Waals surface area contributed by atoms with Crippen LogP contribution in [0.1, 0.15) is 42.1 Å². The van der Waals surface area contributed by atoms with E-state index >= 15 is 0 Å². The van der Waals surface area contributed by atoms with E-state index in [9.17, 15) is 26.4 Å². The number of amides is 1. The summed E-state index contributed by atoms with van der Waals surface area (Å²) in [5.41, 5.74) is 1.30. The third-order valence-electron chi connectivity index (χ3n) is 7.49. The Morgan fingerprint density at radius 2 is 1.83 bits per heavy atom. The summed E-state index contributed by atoms with van der Waals surface area (Å²) in [6.07, 6.45) is -3.80. The number of halogens is 3. The van der Waals surface area contributed by atoms with Crippen LogP contribution in [0.5, 0.6) is 11.5 Å². The van der Waals surface area contributed by atoms with Gasteiger partial charge in [0.15, 0.2) is 0 Å². The van der Waals surface area contributed by atoms with Gasteiger partial charge in [0.2, 0.25) is 15.9 Å². The summed E-state index contributed by atoms with van der Waals surface area (Å²) in [6.45, 7) is 3.79. The second-order valence-electron chi connectivity index (χ2n) is 10.8. The number of carbonyl (C=O) groups is 1. The van der Waals surface area contributed by atoms with Crippen molar-refractivity contribution in [3.63, 3.8) is 0 Å². The van der Waals surface area contributed by atoms with Gasteiger partial charge in [-0.3, -0.25) is 10.1 Å². The van der Waals surface area contributed by atoms with Gasteiger partial charge >= 0.3 is 6.36 Å². The van der Waals surface area contributed by atoms with Crippen molar-refractivity contribution >= 4 is 15.9 Å². The first-order valence-corrected chi connectivity index (χ1v) is 15.2. The first-order chi connectivity index (χ1) is 19.3. The number of rotatable bonds is 11. The van der Waals surface area contributed by atoms with Gasteiger partial charge in [-0.25, -0.2) is 12.7 Å². The SMILES string of the molecule is Cc1cc(OCCCN(C)C)ccc1CCS(=O)(=O)N1CCC2(CC1)NC(c1cccc(OC(F)(F)F)c1)NC2=O. The van der Waals surface area contributed by atoms with Gasteiger partial charge in [0, 0.05) is 19.6 Å². The topological polar surface area (TPSA) is 100 Å². The molecule has 2 aromatic rings. The van der Waals surface area contributed by atoms with Gasteiger partial charge in [-0.05, 0) is 87.7 Å². The number of carbonyl (C=O) groups excluding carboxylic acids is 1. The Balaban J connectivity index is 1.30. The molecule has 13 heteroatoms. The number of alkyl halides is 3. The summed E-state index contributed by atoms with van der Waals surface area (Å²) in [4.78, 5) is 15.0. The summed E-state index contributed by atoms with van der Waals surface area (Å²) in [7, 11) is 0.450. The van der Waals surface area contributed by atoms with Crippen molar-refractivity contribution in [3.05, 3.63) is 59.2 Å². The monoisotopic (exact) mass is 598 g/mol. The van der Waals surface area contributed by atoms with E-state index in [0.29, 0.717) is 18.6 Å². The molecule has 0 saturated carbocycles. The van der Waals surface area contributed by atoms with E-state index in [2.05, 4.69) is 20.3 Å². The lowest BCUT2D eigenvalue weighted by atomic mass is 9.88. The fourth-order valence-corrected chi connectivity index (χ4v) is 6.68. The highest BCUT2D eigenvalue weighted by Crippen LogP contribution is 2.33. The summed E-state index contributed by atoms with van der Waals surface area (Å²) in [5, 5.41) is 5.98. The largest absolute Gasteiger partial charge is 0.573 e. The average Bonchev–Trinajstić information content (AvgIpc) is 3.20. The molecule has 0 aromatic heterocycles. The van der Waals surface area contributed by atoms with Crippen LogP contribution >= 0.6 is 0 Å². The summed E-state index contributed by atoms with van der Waals surface area (Å²) in [5.74, 6) is 0.0130. The highest BCUT2D eigenvalue weighted by atomic mass is 32.2. The van der Waals surface area contributed by atoms with E-state index in [1.54, 1.807) is 6.07 Å². The number of aryl methyl sites for hydroxylation is 2. The molecule has 0 radical (unpaired) electrons. The highest BCUT2D eigenvalue weighted by molar-refractivity contribution is 7.89. The van der Waals surface area contributed by atoms with E-state index in [1.807, 2.05) is 39.2 Å². The Morgan fingerprint density at radius 1 is 1.10 bits per heavy atom. The van der Waals surface area contributed by atoms with Crippen LogP contribution in [0.15, 0.2) is 42.5 Å². The zero-order valence-corrected chi connectivity index (χ0v) is 24.3. The maximum atomic E-state index is 13.2. The molecule has 9 nitrogen and oxygen atoms in total. The van der Waals surface area contributed by atoms with Gasteiger partial charge in [0.25, 0.3) is 0 Å². The standard InChI is InChI=1S/C28H37F3N4O5S/c1-20-18-23(39-16-5-13-34(2)3)9-8-21(20)10-17-41(37,38)35-14-11-27(12-15-35)26(36)32-25(33-27)22-6-4-7-24(19-22)40-28(29,30)31/h4,6-9,18-19,25,33H,5,10-17H2,1-3H3,(H,32,36). The molecule has 4 rings (SSSR count). The van der Waals surface area contributed by atoms with Crippen LogP contribution in [-0.4, -0.2) is 81.5 Å². The Bertz CT molecular complexity index is 1330. The minimum absolute atomic E-state index is 0.0574. The first-order valence-electron chi connectivity index (χ1n) is 13.6. The Hall–Kier alpha value is -2.87. The van der Waals surface area contributed by atoms with E-state index in [1.165, 1.54) is 22.5 Å². The third-order valence-corrected chi connectivity index (χ3v) is 9.36. The smallest absolute Gasteiger partial charge is 0.494 e. The fourth-order valence-electron chi connectivity index (χ4n) is 5.20. The lowest BCUT2D eigenvalue weighted by Gasteiger charge is -2.37.